The van der Waals surface area contributed by atoms with Gasteiger partial charge in [0.25, 0.3) is 5.91 Å². The SMILES string of the molecule is Cc1cc(C2CCCN(C(=O)c3sc(-c4ccc(C(F)(F)F)cc4)nc3C)C2)ccc1OCC(=O)O. The summed E-state index contributed by atoms with van der Waals surface area (Å²) in [7, 11) is 0. The lowest BCUT2D eigenvalue weighted by atomic mass is 9.89. The van der Waals surface area contributed by atoms with E-state index in [0.29, 0.717) is 40.0 Å². The average molecular weight is 519 g/mol. The summed E-state index contributed by atoms with van der Waals surface area (Å²) < 4.78 is 43.9. The third-order valence-electron chi connectivity index (χ3n) is 6.18. The highest BCUT2D eigenvalue weighted by Gasteiger charge is 2.31. The summed E-state index contributed by atoms with van der Waals surface area (Å²) >= 11 is 1.19. The van der Waals surface area contributed by atoms with Gasteiger partial charge in [-0.25, -0.2) is 9.78 Å². The van der Waals surface area contributed by atoms with Crippen molar-refractivity contribution in [3.05, 3.63) is 69.7 Å². The summed E-state index contributed by atoms with van der Waals surface area (Å²) in [6.45, 7) is 4.32. The number of rotatable bonds is 6. The Labute approximate surface area is 210 Å². The first-order valence-electron chi connectivity index (χ1n) is 11.4. The number of benzene rings is 2. The van der Waals surface area contributed by atoms with Gasteiger partial charge in [0.05, 0.1) is 11.3 Å². The first kappa shape index (κ1) is 25.7. The predicted molar refractivity (Wildman–Crippen MR) is 129 cm³/mol. The van der Waals surface area contributed by atoms with Crippen LogP contribution in [-0.2, 0) is 11.0 Å². The number of carbonyl (C=O) groups excluding carboxylic acids is 1. The molecule has 1 aliphatic heterocycles. The number of hydrogen-bond donors (Lipinski definition) is 1. The van der Waals surface area contributed by atoms with Crippen molar-refractivity contribution in [1.29, 1.82) is 0 Å². The third-order valence-corrected chi connectivity index (χ3v) is 7.37. The largest absolute Gasteiger partial charge is 0.482 e. The summed E-state index contributed by atoms with van der Waals surface area (Å²) in [6, 6.07) is 10.4. The molecule has 0 spiro atoms. The molecular weight excluding hydrogens is 493 g/mol. The van der Waals surface area contributed by atoms with Crippen LogP contribution in [-0.4, -0.2) is 46.6 Å². The zero-order valence-electron chi connectivity index (χ0n) is 19.8. The molecule has 36 heavy (non-hydrogen) atoms. The molecule has 1 atom stereocenters. The maximum atomic E-state index is 13.4. The Hall–Kier alpha value is -3.40. The lowest BCUT2D eigenvalue weighted by Crippen LogP contribution is -2.39. The van der Waals surface area contributed by atoms with Crippen molar-refractivity contribution in [2.75, 3.05) is 19.7 Å². The molecule has 6 nitrogen and oxygen atoms in total. The van der Waals surface area contributed by atoms with E-state index < -0.39 is 24.3 Å². The Morgan fingerprint density at radius 1 is 1.17 bits per heavy atom. The van der Waals surface area contributed by atoms with E-state index in [0.717, 1.165) is 36.1 Å². The molecule has 2 heterocycles. The van der Waals surface area contributed by atoms with Crippen LogP contribution in [0.2, 0.25) is 0 Å². The maximum Gasteiger partial charge on any atom is 0.416 e. The monoisotopic (exact) mass is 518 g/mol. The molecule has 10 heteroatoms. The second kappa shape index (κ2) is 10.3. The number of likely N-dealkylation sites (tertiary alicyclic amines) is 1. The van der Waals surface area contributed by atoms with Crippen LogP contribution in [0.3, 0.4) is 0 Å². The number of aliphatic carboxylic acids is 1. The van der Waals surface area contributed by atoms with Gasteiger partial charge in [0.1, 0.15) is 15.6 Å². The first-order valence-corrected chi connectivity index (χ1v) is 12.2. The molecule has 1 amide bonds. The Bertz CT molecular complexity index is 1270. The van der Waals surface area contributed by atoms with Gasteiger partial charge in [0, 0.05) is 24.6 Å². The Kier molecular flexibility index (Phi) is 7.35. The first-order chi connectivity index (χ1) is 17.0. The van der Waals surface area contributed by atoms with Gasteiger partial charge in [-0.2, -0.15) is 13.2 Å². The fourth-order valence-corrected chi connectivity index (χ4v) is 5.36. The summed E-state index contributed by atoms with van der Waals surface area (Å²) in [4.78, 5) is 30.9. The molecular formula is C26H25F3N2O4S. The van der Waals surface area contributed by atoms with Gasteiger partial charge < -0.3 is 14.7 Å². The standard InChI is InChI=1S/C26H25F3N2O4S/c1-15-12-18(7-10-21(15)35-14-22(32)33)19-4-3-11-31(13-19)25(34)23-16(2)30-24(36-23)17-5-8-20(9-6-17)26(27,28)29/h5-10,12,19H,3-4,11,13-14H2,1-2H3,(H,32,33). The number of nitrogens with zero attached hydrogens (tertiary/aromatic N) is 2. The number of alkyl halides is 3. The van der Waals surface area contributed by atoms with Crippen LogP contribution >= 0.6 is 11.3 Å². The summed E-state index contributed by atoms with van der Waals surface area (Å²) in [5.74, 6) is -0.538. The van der Waals surface area contributed by atoms with Gasteiger partial charge in [-0.1, -0.05) is 24.3 Å². The van der Waals surface area contributed by atoms with Crippen LogP contribution in [0.4, 0.5) is 13.2 Å². The zero-order chi connectivity index (χ0) is 26.0. The molecule has 1 unspecified atom stereocenters. The fourth-order valence-electron chi connectivity index (χ4n) is 4.33. The number of carbonyl (C=O) groups is 2. The van der Waals surface area contributed by atoms with Crippen LogP contribution in [0.1, 0.15) is 50.8 Å². The number of piperidine rings is 1. The quantitative estimate of drug-likeness (QED) is 0.438. The van der Waals surface area contributed by atoms with Crippen molar-refractivity contribution in [1.82, 2.24) is 9.88 Å². The van der Waals surface area contributed by atoms with Crippen molar-refractivity contribution in [2.24, 2.45) is 0 Å². The lowest BCUT2D eigenvalue weighted by Gasteiger charge is -2.33. The number of carboxylic acids is 1. The maximum absolute atomic E-state index is 13.4. The van der Waals surface area contributed by atoms with Crippen LogP contribution in [0.5, 0.6) is 5.75 Å². The smallest absolute Gasteiger partial charge is 0.416 e. The van der Waals surface area contributed by atoms with E-state index in [2.05, 4.69) is 4.98 Å². The van der Waals surface area contributed by atoms with Gasteiger partial charge in [-0.05, 0) is 56.0 Å². The lowest BCUT2D eigenvalue weighted by molar-refractivity contribution is -0.139. The molecule has 0 saturated carbocycles. The average Bonchev–Trinajstić information content (AvgIpc) is 3.23. The number of carboxylic acid groups (broad SMARTS) is 1. The molecule has 1 aliphatic rings. The van der Waals surface area contributed by atoms with Crippen molar-refractivity contribution in [2.45, 2.75) is 38.8 Å². The summed E-state index contributed by atoms with van der Waals surface area (Å²) in [6.07, 6.45) is -2.67. The number of amides is 1. The van der Waals surface area contributed by atoms with Gasteiger partial charge in [-0.15, -0.1) is 11.3 Å². The molecule has 0 bridgehead atoms. The van der Waals surface area contributed by atoms with E-state index in [1.165, 1.54) is 23.5 Å². The number of ether oxygens (including phenoxy) is 1. The highest BCUT2D eigenvalue weighted by atomic mass is 32.1. The number of hydrogen-bond acceptors (Lipinski definition) is 5. The highest BCUT2D eigenvalue weighted by Crippen LogP contribution is 2.35. The molecule has 1 fully saturated rings. The Morgan fingerprint density at radius 2 is 1.89 bits per heavy atom. The minimum absolute atomic E-state index is 0.123. The molecule has 1 saturated heterocycles. The predicted octanol–water partition coefficient (Wildman–Crippen LogP) is 5.93. The Balaban J connectivity index is 1.48. The van der Waals surface area contributed by atoms with Crippen LogP contribution in [0.25, 0.3) is 10.6 Å². The minimum Gasteiger partial charge on any atom is -0.482 e. The topological polar surface area (TPSA) is 79.7 Å². The molecule has 190 valence electrons. The van der Waals surface area contributed by atoms with E-state index in [9.17, 15) is 22.8 Å². The molecule has 0 aliphatic carbocycles. The van der Waals surface area contributed by atoms with E-state index in [4.69, 9.17) is 9.84 Å². The number of halogens is 3. The summed E-state index contributed by atoms with van der Waals surface area (Å²) in [5.41, 5.74) is 2.24. The number of aromatic nitrogens is 1. The van der Waals surface area contributed by atoms with Crippen molar-refractivity contribution in [3.63, 3.8) is 0 Å². The van der Waals surface area contributed by atoms with Crippen LogP contribution in [0, 0.1) is 13.8 Å². The van der Waals surface area contributed by atoms with Crippen LogP contribution in [0.15, 0.2) is 42.5 Å². The van der Waals surface area contributed by atoms with Crippen LogP contribution < -0.4 is 4.74 Å². The molecule has 0 radical (unpaired) electrons. The summed E-state index contributed by atoms with van der Waals surface area (Å²) in [5, 5.41) is 9.32. The second-order valence-electron chi connectivity index (χ2n) is 8.81. The van der Waals surface area contributed by atoms with Gasteiger partial charge in [0.15, 0.2) is 6.61 Å². The normalized spacial score (nSPS) is 16.1. The third kappa shape index (κ3) is 5.70. The van der Waals surface area contributed by atoms with E-state index in [-0.39, 0.29) is 11.8 Å². The zero-order valence-corrected chi connectivity index (χ0v) is 20.6. The molecule has 1 N–H and O–H groups in total. The van der Waals surface area contributed by atoms with Crippen molar-refractivity contribution in [3.8, 4) is 16.3 Å². The van der Waals surface area contributed by atoms with Gasteiger partial charge in [0.2, 0.25) is 0 Å². The highest BCUT2D eigenvalue weighted by molar-refractivity contribution is 7.17. The van der Waals surface area contributed by atoms with E-state index in [1.807, 2.05) is 19.1 Å². The fraction of sp³-hybridized carbons (Fsp3) is 0.346. The molecule has 3 aromatic rings. The Morgan fingerprint density at radius 3 is 2.53 bits per heavy atom. The van der Waals surface area contributed by atoms with E-state index in [1.54, 1.807) is 17.9 Å². The number of aryl methyl sites for hydroxylation is 2. The molecule has 1 aromatic heterocycles. The van der Waals surface area contributed by atoms with Gasteiger partial charge in [-0.3, -0.25) is 4.79 Å². The van der Waals surface area contributed by atoms with E-state index >= 15 is 0 Å². The molecule has 4 rings (SSSR count). The molecule has 2 aromatic carbocycles. The van der Waals surface area contributed by atoms with Gasteiger partial charge >= 0.3 is 12.1 Å². The van der Waals surface area contributed by atoms with Crippen molar-refractivity contribution >= 4 is 23.2 Å². The minimum atomic E-state index is -4.41. The second-order valence-corrected chi connectivity index (χ2v) is 9.81. The number of thiazole rings is 1. The van der Waals surface area contributed by atoms with Crippen molar-refractivity contribution < 1.29 is 32.6 Å².